The van der Waals surface area contributed by atoms with E-state index in [1.807, 2.05) is 0 Å². The van der Waals surface area contributed by atoms with E-state index in [2.05, 4.69) is 0 Å². The molecule has 12 nitrogen and oxygen atoms in total. The fourth-order valence-electron chi connectivity index (χ4n) is 2.32. The zero-order valence-corrected chi connectivity index (χ0v) is 16.7. The Bertz CT molecular complexity index is 859. The molecule has 0 aromatic heterocycles. The second-order valence-corrected chi connectivity index (χ2v) is 12.1. The molecule has 0 aliphatic carbocycles. The Balaban J connectivity index is 5.96. The first-order valence-corrected chi connectivity index (χ1v) is 13.2. The Kier molecular flexibility index (Phi) is 8.43. The minimum atomic E-state index is -4.94. The molecule has 152 valence electrons. The maximum Gasteiger partial charge on any atom is 0.269 e. The quantitative estimate of drug-likeness (QED) is 0.253. The van der Waals surface area contributed by atoms with Gasteiger partial charge < -0.3 is 0 Å². The van der Waals surface area contributed by atoms with Crippen LogP contribution in [0, 0.1) is 0 Å². The summed E-state index contributed by atoms with van der Waals surface area (Å²) in [7, 11) is -18.7. The molecule has 0 aliphatic rings. The van der Waals surface area contributed by atoms with Gasteiger partial charge in [-0.2, -0.15) is 16.8 Å². The fourth-order valence-corrected chi connectivity index (χ4v) is 8.46. The van der Waals surface area contributed by atoms with E-state index in [-0.39, 0.29) is 0 Å². The number of sulfonamides is 2. The molecule has 0 amide bonds. The van der Waals surface area contributed by atoms with E-state index in [1.165, 1.54) is 13.8 Å². The van der Waals surface area contributed by atoms with Gasteiger partial charge in [0.25, 0.3) is 20.2 Å². The summed E-state index contributed by atoms with van der Waals surface area (Å²) in [6.45, 7) is 1.71. The van der Waals surface area contributed by atoms with Gasteiger partial charge in [-0.25, -0.2) is 26.7 Å². The van der Waals surface area contributed by atoms with Crippen LogP contribution in [0.1, 0.15) is 26.7 Å². The summed E-state index contributed by atoms with van der Waals surface area (Å²) < 4.78 is 112. The summed E-state index contributed by atoms with van der Waals surface area (Å²) in [6, 6.07) is 0. The highest BCUT2D eigenvalue weighted by Crippen LogP contribution is 2.24. The van der Waals surface area contributed by atoms with Gasteiger partial charge >= 0.3 is 0 Å². The van der Waals surface area contributed by atoms with Crippen molar-refractivity contribution >= 4 is 40.3 Å². The second-order valence-electron chi connectivity index (χ2n) is 5.19. The van der Waals surface area contributed by atoms with Crippen molar-refractivity contribution in [2.75, 3.05) is 12.3 Å². The third-order valence-electron chi connectivity index (χ3n) is 3.36. The summed E-state index contributed by atoms with van der Waals surface area (Å²) in [6.07, 6.45) is -0.828. The van der Waals surface area contributed by atoms with Gasteiger partial charge in [-0.1, -0.05) is 13.8 Å². The standard InChI is InChI=1S/C9H22N2O10S4/c1-3-7(24(17,18)11-5-6-22(12,13)14)9(23(10,15)16)8(4-2)25(19,20)21/h7-9,11H,3-6H2,1-2H3,(H2,10,15,16)(H,12,13,14)(H,19,20,21). The molecular formula is C9H22N2O10S4. The van der Waals surface area contributed by atoms with Gasteiger partial charge in [-0.05, 0) is 12.8 Å². The molecule has 0 saturated carbocycles. The lowest BCUT2D eigenvalue weighted by molar-refractivity contribution is 0.450. The number of rotatable bonds is 11. The number of nitrogens with two attached hydrogens (primary N) is 1. The first kappa shape index (κ1) is 24.6. The predicted molar refractivity (Wildman–Crippen MR) is 89.9 cm³/mol. The highest BCUT2D eigenvalue weighted by Gasteiger charge is 2.47. The highest BCUT2D eigenvalue weighted by molar-refractivity contribution is 7.95. The van der Waals surface area contributed by atoms with Gasteiger partial charge in [0.05, 0.1) is 11.0 Å². The minimum absolute atomic E-state index is 0.395. The molecule has 0 bridgehead atoms. The molecular weight excluding hydrogens is 424 g/mol. The van der Waals surface area contributed by atoms with E-state index in [0.29, 0.717) is 0 Å². The molecule has 0 fully saturated rings. The number of hydrogen-bond donors (Lipinski definition) is 4. The molecule has 0 aromatic carbocycles. The fraction of sp³-hybridized carbons (Fsp3) is 1.00. The van der Waals surface area contributed by atoms with E-state index in [9.17, 15) is 38.2 Å². The molecule has 0 spiro atoms. The van der Waals surface area contributed by atoms with Crippen LogP contribution in [0.15, 0.2) is 0 Å². The third kappa shape index (κ3) is 7.81. The normalized spacial score (nSPS) is 17.8. The second kappa shape index (κ2) is 8.55. The summed E-state index contributed by atoms with van der Waals surface area (Å²) in [4.78, 5) is 0. The van der Waals surface area contributed by atoms with Gasteiger partial charge in [-0.15, -0.1) is 0 Å². The van der Waals surface area contributed by atoms with Crippen LogP contribution >= 0.6 is 0 Å². The first-order chi connectivity index (χ1) is 11.0. The Morgan fingerprint density at radius 1 is 0.880 bits per heavy atom. The van der Waals surface area contributed by atoms with Crippen LogP contribution in [0.3, 0.4) is 0 Å². The predicted octanol–water partition coefficient (Wildman–Crippen LogP) is -2.10. The molecule has 0 aromatic rings. The molecule has 3 atom stereocenters. The molecule has 3 unspecified atom stereocenters. The average Bonchev–Trinajstić information content (AvgIpc) is 2.33. The number of nitrogens with one attached hydrogen (secondary N) is 1. The number of hydrogen-bond acceptors (Lipinski definition) is 8. The molecule has 0 aliphatic heterocycles. The van der Waals surface area contributed by atoms with Crippen LogP contribution in [0.25, 0.3) is 0 Å². The van der Waals surface area contributed by atoms with Gasteiger partial charge in [0, 0.05) is 6.54 Å². The van der Waals surface area contributed by atoms with Crippen molar-refractivity contribution in [1.29, 1.82) is 0 Å². The van der Waals surface area contributed by atoms with E-state index < -0.39 is 81.2 Å². The Morgan fingerprint density at radius 2 is 1.32 bits per heavy atom. The molecule has 0 rings (SSSR count). The zero-order chi connectivity index (χ0) is 20.3. The summed E-state index contributed by atoms with van der Waals surface area (Å²) >= 11 is 0. The number of primary sulfonamides is 1. The van der Waals surface area contributed by atoms with Crippen molar-refractivity contribution < 1.29 is 42.8 Å². The lowest BCUT2D eigenvalue weighted by atomic mass is 10.1. The van der Waals surface area contributed by atoms with Crippen LogP contribution in [-0.2, 0) is 40.3 Å². The Morgan fingerprint density at radius 3 is 1.60 bits per heavy atom. The van der Waals surface area contributed by atoms with Crippen molar-refractivity contribution in [2.45, 2.75) is 42.4 Å². The molecule has 16 heteroatoms. The summed E-state index contributed by atoms with van der Waals surface area (Å²) in [5, 5.41) is -1.06. The van der Waals surface area contributed by atoms with Crippen LogP contribution in [-0.4, -0.2) is 70.8 Å². The van der Waals surface area contributed by atoms with Crippen LogP contribution in [0.4, 0.5) is 0 Å². The van der Waals surface area contributed by atoms with Crippen LogP contribution in [0.2, 0.25) is 0 Å². The average molecular weight is 447 g/mol. The smallest absolute Gasteiger partial charge is 0.269 e. The van der Waals surface area contributed by atoms with Gasteiger partial charge in [0.15, 0.2) is 0 Å². The summed E-state index contributed by atoms with van der Waals surface area (Å²) in [5.74, 6) is -0.974. The largest absolute Gasteiger partial charge is 0.286 e. The van der Waals surface area contributed by atoms with Crippen LogP contribution < -0.4 is 9.86 Å². The topological polar surface area (TPSA) is 215 Å². The van der Waals surface area contributed by atoms with Crippen LogP contribution in [0.5, 0.6) is 0 Å². The lowest BCUT2D eigenvalue weighted by Gasteiger charge is -2.29. The maximum absolute atomic E-state index is 12.3. The van der Waals surface area contributed by atoms with Crippen molar-refractivity contribution in [2.24, 2.45) is 5.14 Å². The molecule has 5 N–H and O–H groups in total. The first-order valence-electron chi connectivity index (χ1n) is 6.89. The van der Waals surface area contributed by atoms with Crippen molar-refractivity contribution in [3.63, 3.8) is 0 Å². The highest BCUT2D eigenvalue weighted by atomic mass is 32.2. The third-order valence-corrected chi connectivity index (χ3v) is 9.26. The zero-order valence-electron chi connectivity index (χ0n) is 13.4. The van der Waals surface area contributed by atoms with E-state index >= 15 is 0 Å². The molecule has 0 heterocycles. The Labute approximate surface area is 147 Å². The molecule has 0 radical (unpaired) electrons. The molecule has 25 heavy (non-hydrogen) atoms. The van der Waals surface area contributed by atoms with E-state index in [0.717, 1.165) is 0 Å². The van der Waals surface area contributed by atoms with Gasteiger partial charge in [0.1, 0.15) is 10.5 Å². The van der Waals surface area contributed by atoms with E-state index in [1.54, 1.807) is 4.72 Å². The van der Waals surface area contributed by atoms with Crippen molar-refractivity contribution in [3.8, 4) is 0 Å². The minimum Gasteiger partial charge on any atom is -0.286 e. The maximum atomic E-state index is 12.3. The molecule has 0 saturated heterocycles. The SMILES string of the molecule is CCC(C(C(CC)S(=O)(=O)NCCS(=O)(=O)O)S(N)(=O)=O)S(=O)(=O)O. The summed E-state index contributed by atoms with van der Waals surface area (Å²) in [5.41, 5.74) is 0. The Hall–Kier alpha value is -0.360. The monoisotopic (exact) mass is 446 g/mol. The van der Waals surface area contributed by atoms with E-state index in [4.69, 9.17) is 9.69 Å². The van der Waals surface area contributed by atoms with Gasteiger partial charge in [-0.3, -0.25) is 9.11 Å². The lowest BCUT2D eigenvalue weighted by Crippen LogP contribution is -2.54. The van der Waals surface area contributed by atoms with Crippen molar-refractivity contribution in [3.05, 3.63) is 0 Å². The van der Waals surface area contributed by atoms with Gasteiger partial charge in [0.2, 0.25) is 20.0 Å². The van der Waals surface area contributed by atoms with Crippen molar-refractivity contribution in [1.82, 2.24) is 4.72 Å².